The highest BCUT2D eigenvalue weighted by Gasteiger charge is 2.06. The van der Waals surface area contributed by atoms with E-state index in [1.807, 2.05) is 18.2 Å². The number of nitrogen functional groups attached to an aromatic ring is 1. The third-order valence-electron chi connectivity index (χ3n) is 2.14. The van der Waals surface area contributed by atoms with Crippen molar-refractivity contribution < 1.29 is 8.63 Å². The van der Waals surface area contributed by atoms with Gasteiger partial charge in [0.1, 0.15) is 16.7 Å². The molecule has 0 radical (unpaired) electrons. The zero-order valence-corrected chi connectivity index (χ0v) is 9.58. The fourth-order valence-corrected chi connectivity index (χ4v) is 2.06. The minimum Gasteiger partial charge on any atom is -0.441 e. The van der Waals surface area contributed by atoms with Crippen molar-refractivity contribution in [3.63, 3.8) is 0 Å². The molecule has 1 atom stereocenters. The minimum absolute atomic E-state index is 0.371. The zero-order valence-electron chi connectivity index (χ0n) is 8.77. The van der Waals surface area contributed by atoms with Gasteiger partial charge in [-0.1, -0.05) is 12.1 Å². The van der Waals surface area contributed by atoms with Crippen molar-refractivity contribution in [2.75, 3.05) is 12.8 Å². The van der Waals surface area contributed by atoms with Crippen LogP contribution in [0.5, 0.6) is 0 Å². The van der Waals surface area contributed by atoms with E-state index >= 15 is 0 Å². The highest BCUT2D eigenvalue weighted by molar-refractivity contribution is 7.83. The summed E-state index contributed by atoms with van der Waals surface area (Å²) in [7, 11) is 0.456. The van der Waals surface area contributed by atoms with E-state index in [9.17, 15) is 4.21 Å². The van der Waals surface area contributed by atoms with Crippen LogP contribution in [0.15, 0.2) is 45.7 Å². The number of nitrogens with two attached hydrogens (primary N) is 1. The molecule has 0 amide bonds. The molecule has 0 aliphatic rings. The van der Waals surface area contributed by atoms with Crippen molar-refractivity contribution >= 4 is 16.9 Å². The van der Waals surface area contributed by atoms with E-state index < -0.39 is 11.0 Å². The molecule has 0 fully saturated rings. The lowest BCUT2D eigenvalue weighted by molar-refractivity contribution is 0.602. The first-order valence-electron chi connectivity index (χ1n) is 4.75. The molecule has 0 aliphatic carbocycles. The van der Waals surface area contributed by atoms with Gasteiger partial charge in [0.2, 0.25) is 0 Å². The second-order valence-corrected chi connectivity index (χ2v) is 4.62. The minimum atomic E-state index is -1.19. The molecule has 0 saturated carbocycles. The Morgan fingerprint density at radius 2 is 2.12 bits per heavy atom. The largest absolute Gasteiger partial charge is 0.441 e. The van der Waals surface area contributed by atoms with E-state index in [1.54, 1.807) is 25.2 Å². The van der Waals surface area contributed by atoms with Crippen LogP contribution in [0, 0.1) is 0 Å². The summed E-state index contributed by atoms with van der Waals surface area (Å²) in [6.45, 7) is 0. The molecule has 3 N–H and O–H groups in total. The number of furan rings is 1. The quantitative estimate of drug-likeness (QED) is 0.853. The van der Waals surface area contributed by atoms with Gasteiger partial charge in [0.25, 0.3) is 0 Å². The average Bonchev–Trinajstić information content (AvgIpc) is 2.75. The summed E-state index contributed by atoms with van der Waals surface area (Å²) >= 11 is 0. The Labute approximate surface area is 96.0 Å². The average molecular weight is 236 g/mol. The monoisotopic (exact) mass is 236 g/mol. The molecule has 0 aliphatic heterocycles. The second-order valence-electron chi connectivity index (χ2n) is 3.20. The van der Waals surface area contributed by atoms with Gasteiger partial charge in [-0.05, 0) is 25.2 Å². The summed E-state index contributed by atoms with van der Waals surface area (Å²) in [5, 5.41) is 0. The lowest BCUT2D eigenvalue weighted by Crippen LogP contribution is -2.10. The Kier molecular flexibility index (Phi) is 3.07. The van der Waals surface area contributed by atoms with Crippen molar-refractivity contribution in [3.8, 4) is 11.3 Å². The van der Waals surface area contributed by atoms with Crippen LogP contribution in [-0.4, -0.2) is 11.3 Å². The molecule has 4 nitrogen and oxygen atoms in total. The molecule has 84 valence electrons. The fraction of sp³-hybridized carbons (Fsp3) is 0.0909. The highest BCUT2D eigenvalue weighted by atomic mass is 32.2. The number of rotatable bonds is 3. The number of hydrogen-bond donors (Lipinski definition) is 2. The van der Waals surface area contributed by atoms with Crippen LogP contribution in [0.2, 0.25) is 0 Å². The molecule has 2 aromatic rings. The number of benzene rings is 1. The summed E-state index contributed by atoms with van der Waals surface area (Å²) in [6, 6.07) is 10.8. The van der Waals surface area contributed by atoms with E-state index in [-0.39, 0.29) is 0 Å². The summed E-state index contributed by atoms with van der Waals surface area (Å²) < 4.78 is 19.5. The van der Waals surface area contributed by atoms with Gasteiger partial charge in [0, 0.05) is 11.6 Å². The van der Waals surface area contributed by atoms with Gasteiger partial charge in [-0.25, -0.2) is 8.93 Å². The Balaban J connectivity index is 2.39. The first-order chi connectivity index (χ1) is 7.70. The second kappa shape index (κ2) is 4.51. The SMILES string of the molecule is CNS(=O)c1cccc(-c2ccc(N)o2)c1. The number of anilines is 1. The molecule has 0 bridgehead atoms. The van der Waals surface area contributed by atoms with Crippen molar-refractivity contribution in [2.24, 2.45) is 0 Å². The van der Waals surface area contributed by atoms with Crippen molar-refractivity contribution in [3.05, 3.63) is 36.4 Å². The molecule has 1 heterocycles. The van der Waals surface area contributed by atoms with Gasteiger partial charge >= 0.3 is 0 Å². The lowest BCUT2D eigenvalue weighted by atomic mass is 10.2. The summed E-state index contributed by atoms with van der Waals surface area (Å²) in [6.07, 6.45) is 0. The van der Waals surface area contributed by atoms with E-state index in [0.29, 0.717) is 16.5 Å². The van der Waals surface area contributed by atoms with Crippen LogP contribution < -0.4 is 10.5 Å². The summed E-state index contributed by atoms with van der Waals surface area (Å²) in [5.41, 5.74) is 6.36. The smallest absolute Gasteiger partial charge is 0.190 e. The maximum absolute atomic E-state index is 11.5. The maximum atomic E-state index is 11.5. The van der Waals surface area contributed by atoms with E-state index in [1.165, 1.54) is 0 Å². The van der Waals surface area contributed by atoms with Crippen molar-refractivity contribution in [2.45, 2.75) is 4.90 Å². The third-order valence-corrected chi connectivity index (χ3v) is 3.20. The van der Waals surface area contributed by atoms with Crippen LogP contribution in [-0.2, 0) is 11.0 Å². The van der Waals surface area contributed by atoms with E-state index in [0.717, 1.165) is 5.56 Å². The molecule has 1 aromatic carbocycles. The van der Waals surface area contributed by atoms with Gasteiger partial charge in [-0.2, -0.15) is 0 Å². The topological polar surface area (TPSA) is 68.3 Å². The van der Waals surface area contributed by atoms with E-state index in [4.69, 9.17) is 10.2 Å². The Bertz CT molecular complexity index is 522. The first kappa shape index (κ1) is 10.9. The van der Waals surface area contributed by atoms with Crippen molar-refractivity contribution in [1.82, 2.24) is 4.72 Å². The van der Waals surface area contributed by atoms with E-state index in [2.05, 4.69) is 4.72 Å². The molecule has 5 heteroatoms. The first-order valence-corrected chi connectivity index (χ1v) is 5.90. The fourth-order valence-electron chi connectivity index (χ4n) is 1.39. The molecule has 0 saturated heterocycles. The van der Waals surface area contributed by atoms with Crippen molar-refractivity contribution in [1.29, 1.82) is 0 Å². The normalized spacial score (nSPS) is 12.6. The molecular weight excluding hydrogens is 224 g/mol. The summed E-state index contributed by atoms with van der Waals surface area (Å²) in [4.78, 5) is 0.704. The van der Waals surface area contributed by atoms with Crippen LogP contribution >= 0.6 is 0 Å². The maximum Gasteiger partial charge on any atom is 0.190 e. The van der Waals surface area contributed by atoms with Gasteiger partial charge in [0.05, 0.1) is 4.90 Å². The number of hydrogen-bond acceptors (Lipinski definition) is 3. The van der Waals surface area contributed by atoms with Crippen LogP contribution in [0.4, 0.5) is 5.88 Å². The Morgan fingerprint density at radius 3 is 2.75 bits per heavy atom. The Hall–Kier alpha value is -1.59. The molecule has 1 aromatic heterocycles. The van der Waals surface area contributed by atoms with Gasteiger partial charge < -0.3 is 10.2 Å². The number of nitrogens with one attached hydrogen (secondary N) is 1. The molecule has 1 unspecified atom stereocenters. The Morgan fingerprint density at radius 1 is 1.31 bits per heavy atom. The van der Waals surface area contributed by atoms with Gasteiger partial charge in [0.15, 0.2) is 5.88 Å². The summed E-state index contributed by atoms with van der Waals surface area (Å²) in [5.74, 6) is 1.04. The zero-order chi connectivity index (χ0) is 11.5. The van der Waals surface area contributed by atoms with Gasteiger partial charge in [-0.3, -0.25) is 0 Å². The van der Waals surface area contributed by atoms with Gasteiger partial charge in [-0.15, -0.1) is 0 Å². The lowest BCUT2D eigenvalue weighted by Gasteiger charge is -2.02. The predicted molar refractivity (Wildman–Crippen MR) is 64.0 cm³/mol. The molecule has 0 spiro atoms. The molecule has 16 heavy (non-hydrogen) atoms. The molecular formula is C11H12N2O2S. The van der Waals surface area contributed by atoms with Crippen LogP contribution in [0.1, 0.15) is 0 Å². The molecule has 2 rings (SSSR count). The third kappa shape index (κ3) is 2.15. The van der Waals surface area contributed by atoms with Crippen LogP contribution in [0.25, 0.3) is 11.3 Å². The highest BCUT2D eigenvalue weighted by Crippen LogP contribution is 2.24. The van der Waals surface area contributed by atoms with Crippen LogP contribution in [0.3, 0.4) is 0 Å². The predicted octanol–water partition coefficient (Wildman–Crippen LogP) is 1.77. The standard InChI is InChI=1S/C11H12N2O2S/c1-13-16(14)9-4-2-3-8(7-9)10-5-6-11(12)15-10/h2-7,13H,12H2,1H3.